The molecule has 2 nitrogen and oxygen atoms in total. The highest BCUT2D eigenvalue weighted by Gasteiger charge is 1.99. The molecule has 60 valence electrons. The summed E-state index contributed by atoms with van der Waals surface area (Å²) < 4.78 is 0. The number of carbonyl (C=O) groups is 1. The van der Waals surface area contributed by atoms with Crippen LogP contribution in [0.15, 0.2) is 36.5 Å². The Morgan fingerprint density at radius 1 is 1.55 bits per heavy atom. The lowest BCUT2D eigenvalue weighted by molar-refractivity contribution is -0.116. The van der Waals surface area contributed by atoms with Crippen LogP contribution in [-0.4, -0.2) is 13.0 Å². The highest BCUT2D eigenvalue weighted by molar-refractivity contribution is 5.96. The van der Waals surface area contributed by atoms with Crippen molar-refractivity contribution in [3.8, 4) is 0 Å². The third-order valence-corrected chi connectivity index (χ3v) is 1.13. The van der Waals surface area contributed by atoms with E-state index in [1.807, 2.05) is 13.0 Å². The molecule has 0 aromatic carbocycles. The van der Waals surface area contributed by atoms with Crippen molar-refractivity contribution in [1.29, 1.82) is 0 Å². The second-order valence-corrected chi connectivity index (χ2v) is 1.94. The third-order valence-electron chi connectivity index (χ3n) is 1.13. The lowest BCUT2D eigenvalue weighted by atomic mass is 10.2. The van der Waals surface area contributed by atoms with Crippen molar-refractivity contribution in [2.75, 3.05) is 7.05 Å². The maximum Gasteiger partial charge on any atom is 0.251 e. The number of nitrogens with one attached hydrogen (secondary N) is 1. The fraction of sp³-hybridized carbons (Fsp3) is 0.222. The van der Waals surface area contributed by atoms with Crippen LogP contribution < -0.4 is 5.32 Å². The largest absolute Gasteiger partial charge is 0.355 e. The minimum Gasteiger partial charge on any atom is -0.355 e. The van der Waals surface area contributed by atoms with Gasteiger partial charge in [0, 0.05) is 12.6 Å². The molecule has 0 rings (SSSR count). The van der Waals surface area contributed by atoms with Gasteiger partial charge in [-0.2, -0.15) is 0 Å². The van der Waals surface area contributed by atoms with Crippen LogP contribution in [0.3, 0.4) is 0 Å². The molecule has 0 saturated carbocycles. The molecule has 0 heterocycles. The van der Waals surface area contributed by atoms with Gasteiger partial charge in [0.15, 0.2) is 0 Å². The monoisotopic (exact) mass is 151 g/mol. The van der Waals surface area contributed by atoms with Gasteiger partial charge in [-0.25, -0.2) is 0 Å². The highest BCUT2D eigenvalue weighted by Crippen LogP contribution is 1.96. The van der Waals surface area contributed by atoms with Crippen LogP contribution >= 0.6 is 0 Å². The smallest absolute Gasteiger partial charge is 0.251 e. The summed E-state index contributed by atoms with van der Waals surface area (Å²) in [6.07, 6.45) is 6.80. The minimum atomic E-state index is -0.0944. The first-order valence-corrected chi connectivity index (χ1v) is 3.43. The van der Waals surface area contributed by atoms with Gasteiger partial charge >= 0.3 is 0 Å². The second kappa shape index (κ2) is 5.47. The molecule has 0 aliphatic rings. The van der Waals surface area contributed by atoms with Crippen LogP contribution in [0.5, 0.6) is 0 Å². The number of allylic oxidation sites excluding steroid dienone is 3. The summed E-state index contributed by atoms with van der Waals surface area (Å²) in [5.41, 5.74) is 0.616. The Morgan fingerprint density at radius 3 is 2.55 bits per heavy atom. The van der Waals surface area contributed by atoms with Crippen molar-refractivity contribution in [2.24, 2.45) is 0 Å². The van der Waals surface area contributed by atoms with Crippen LogP contribution in [0, 0.1) is 0 Å². The number of hydrogen-bond donors (Lipinski definition) is 1. The summed E-state index contributed by atoms with van der Waals surface area (Å²) in [6, 6.07) is 0. The first-order valence-electron chi connectivity index (χ1n) is 3.43. The molecule has 0 fully saturated rings. The zero-order chi connectivity index (χ0) is 8.69. The molecule has 2 heteroatoms. The molecule has 0 radical (unpaired) electrons. The van der Waals surface area contributed by atoms with E-state index >= 15 is 0 Å². The quantitative estimate of drug-likeness (QED) is 0.479. The Balaban J connectivity index is 4.46. The second-order valence-electron chi connectivity index (χ2n) is 1.94. The Labute approximate surface area is 67.3 Å². The first-order chi connectivity index (χ1) is 5.26. The van der Waals surface area contributed by atoms with Crippen LogP contribution in [0.1, 0.15) is 6.92 Å². The normalized spacial score (nSPS) is 11.6. The Bertz CT molecular complexity index is 202. The molecule has 0 aliphatic carbocycles. The fourth-order valence-electron chi connectivity index (χ4n) is 0.658. The van der Waals surface area contributed by atoms with Crippen LogP contribution in [0.2, 0.25) is 0 Å². The molecule has 0 spiro atoms. The zero-order valence-electron chi connectivity index (χ0n) is 6.92. The Morgan fingerprint density at radius 2 is 2.18 bits per heavy atom. The van der Waals surface area contributed by atoms with Crippen molar-refractivity contribution < 1.29 is 4.79 Å². The van der Waals surface area contributed by atoms with Crippen molar-refractivity contribution >= 4 is 5.91 Å². The molecule has 11 heavy (non-hydrogen) atoms. The van der Waals surface area contributed by atoms with E-state index in [9.17, 15) is 4.79 Å². The predicted molar refractivity (Wildman–Crippen MR) is 47.2 cm³/mol. The summed E-state index contributed by atoms with van der Waals surface area (Å²) in [5, 5.41) is 2.53. The van der Waals surface area contributed by atoms with Crippen LogP contribution in [0.25, 0.3) is 0 Å². The lowest BCUT2D eigenvalue weighted by Crippen LogP contribution is -2.18. The van der Waals surface area contributed by atoms with Crippen molar-refractivity contribution in [3.05, 3.63) is 36.5 Å². The topological polar surface area (TPSA) is 29.1 Å². The van der Waals surface area contributed by atoms with E-state index in [-0.39, 0.29) is 5.91 Å². The van der Waals surface area contributed by atoms with Gasteiger partial charge < -0.3 is 5.32 Å². The minimum absolute atomic E-state index is 0.0944. The summed E-state index contributed by atoms with van der Waals surface area (Å²) in [4.78, 5) is 11.0. The van der Waals surface area contributed by atoms with Crippen molar-refractivity contribution in [3.63, 3.8) is 0 Å². The van der Waals surface area contributed by atoms with E-state index in [4.69, 9.17) is 0 Å². The molecule has 0 aromatic rings. The SMILES string of the molecule is C=CC=C(C=CC)C(=O)NC. The zero-order valence-corrected chi connectivity index (χ0v) is 6.92. The first kappa shape index (κ1) is 9.69. The van der Waals surface area contributed by atoms with Crippen LogP contribution in [0.4, 0.5) is 0 Å². The van der Waals surface area contributed by atoms with E-state index in [2.05, 4.69) is 11.9 Å². The standard InChI is InChI=1S/C9H13NO/c1-4-6-8(7-5-2)9(11)10-3/h4-7H,1H2,2-3H3,(H,10,11). The average Bonchev–Trinajstić information content (AvgIpc) is 2.03. The number of rotatable bonds is 3. The third kappa shape index (κ3) is 3.40. The number of carbonyl (C=O) groups excluding carboxylic acids is 1. The van der Waals surface area contributed by atoms with E-state index < -0.39 is 0 Å². The van der Waals surface area contributed by atoms with Crippen LogP contribution in [-0.2, 0) is 4.79 Å². The predicted octanol–water partition coefficient (Wildman–Crippen LogP) is 1.42. The highest BCUT2D eigenvalue weighted by atomic mass is 16.1. The van der Waals surface area contributed by atoms with Gasteiger partial charge in [-0.15, -0.1) is 0 Å². The molecule has 0 atom stereocenters. The molecule has 0 bridgehead atoms. The Hall–Kier alpha value is -1.31. The molecular weight excluding hydrogens is 138 g/mol. The maximum atomic E-state index is 11.0. The molecule has 1 amide bonds. The van der Waals surface area contributed by atoms with Gasteiger partial charge in [0.2, 0.25) is 0 Å². The lowest BCUT2D eigenvalue weighted by Gasteiger charge is -1.97. The number of amides is 1. The van der Waals surface area contributed by atoms with Gasteiger partial charge in [0.25, 0.3) is 5.91 Å². The van der Waals surface area contributed by atoms with Gasteiger partial charge in [-0.1, -0.05) is 30.9 Å². The fourth-order valence-corrected chi connectivity index (χ4v) is 0.658. The average molecular weight is 151 g/mol. The van der Waals surface area contributed by atoms with E-state index in [1.165, 1.54) is 0 Å². The van der Waals surface area contributed by atoms with E-state index in [1.54, 1.807) is 25.3 Å². The summed E-state index contributed by atoms with van der Waals surface area (Å²) in [6.45, 7) is 5.37. The van der Waals surface area contributed by atoms with Gasteiger partial charge in [0.1, 0.15) is 0 Å². The summed E-state index contributed by atoms with van der Waals surface area (Å²) >= 11 is 0. The Kier molecular flexibility index (Phi) is 4.82. The molecule has 0 saturated heterocycles. The summed E-state index contributed by atoms with van der Waals surface area (Å²) in [7, 11) is 1.60. The van der Waals surface area contributed by atoms with Crippen molar-refractivity contribution in [1.82, 2.24) is 5.32 Å². The van der Waals surface area contributed by atoms with Gasteiger partial charge in [0.05, 0.1) is 0 Å². The van der Waals surface area contributed by atoms with E-state index in [0.29, 0.717) is 5.57 Å². The van der Waals surface area contributed by atoms with Crippen molar-refractivity contribution in [2.45, 2.75) is 6.92 Å². The van der Waals surface area contributed by atoms with E-state index in [0.717, 1.165) is 0 Å². The maximum absolute atomic E-state index is 11.0. The molecule has 0 aromatic heterocycles. The number of likely N-dealkylation sites (N-methyl/N-ethyl adjacent to an activating group) is 1. The molecule has 0 unspecified atom stereocenters. The van der Waals surface area contributed by atoms with Gasteiger partial charge in [-0.3, -0.25) is 4.79 Å². The van der Waals surface area contributed by atoms with Gasteiger partial charge in [-0.05, 0) is 6.92 Å². The molecular formula is C9H13NO. The molecule has 1 N–H and O–H groups in total. The molecule has 0 aliphatic heterocycles. The summed E-state index contributed by atoms with van der Waals surface area (Å²) in [5.74, 6) is -0.0944. The number of hydrogen-bond acceptors (Lipinski definition) is 1.